The summed E-state index contributed by atoms with van der Waals surface area (Å²) in [7, 11) is 1.41. The molecule has 1 aliphatic rings. The fraction of sp³-hybridized carbons (Fsp3) is 0.150. The van der Waals surface area contributed by atoms with Crippen LogP contribution in [0.15, 0.2) is 58.1 Å². The first-order valence-electron chi connectivity index (χ1n) is 7.87. The largest absolute Gasteiger partial charge is 0.496 e. The molecule has 0 unspecified atom stereocenters. The van der Waals surface area contributed by atoms with Gasteiger partial charge in [0.2, 0.25) is 0 Å². The van der Waals surface area contributed by atoms with Crippen molar-refractivity contribution in [3.8, 4) is 16.9 Å². The van der Waals surface area contributed by atoms with Crippen molar-refractivity contribution in [2.24, 2.45) is 0 Å². The van der Waals surface area contributed by atoms with E-state index in [-0.39, 0.29) is 28.2 Å². The summed E-state index contributed by atoms with van der Waals surface area (Å²) in [5, 5.41) is -0.948. The molecule has 0 fully saturated rings. The molecule has 0 saturated carbocycles. The van der Waals surface area contributed by atoms with Crippen LogP contribution in [0.5, 0.6) is 5.75 Å². The van der Waals surface area contributed by atoms with Crippen molar-refractivity contribution in [1.29, 1.82) is 0 Å². The first kappa shape index (κ1) is 19.8. The molecule has 0 bridgehead atoms. The Morgan fingerprint density at radius 3 is 2.22 bits per heavy atom. The molecule has 1 nitrogen and oxygen atoms in total. The van der Waals surface area contributed by atoms with Crippen LogP contribution >= 0.6 is 23.2 Å². The van der Waals surface area contributed by atoms with Gasteiger partial charge >= 0.3 is 6.18 Å². The Hall–Kier alpha value is -1.98. The Balaban J connectivity index is 2.20. The number of halogens is 6. The summed E-state index contributed by atoms with van der Waals surface area (Å²) in [4.78, 5) is 0. The smallest absolute Gasteiger partial charge is 0.414 e. The van der Waals surface area contributed by atoms with E-state index >= 15 is 4.39 Å². The molecule has 2 aromatic carbocycles. The van der Waals surface area contributed by atoms with Gasteiger partial charge in [-0.15, -0.1) is 0 Å². The summed E-state index contributed by atoms with van der Waals surface area (Å²) in [6.45, 7) is 0. The third kappa shape index (κ3) is 3.71. The number of rotatable bonds is 3. The van der Waals surface area contributed by atoms with Crippen LogP contribution < -0.4 is 4.74 Å². The third-order valence-corrected chi connectivity index (χ3v) is 5.13. The standard InChI is InChI=1S/C20H13Cl2F4O/c1-27-15-10-8-13(19(23)16(15)11-5-3-2-4-6-11)12-7-9-14(20(24,25)26)18(22)17(12)21/h2-6,8-10H,7H2,1H3. The van der Waals surface area contributed by atoms with Crippen molar-refractivity contribution in [3.05, 3.63) is 75.9 Å². The Kier molecular flexibility index (Phi) is 5.54. The number of ether oxygens (including phenoxy) is 1. The number of methoxy groups -OCH3 is 1. The van der Waals surface area contributed by atoms with Crippen LogP contribution in [0.3, 0.4) is 0 Å². The minimum atomic E-state index is -4.63. The second-order valence-corrected chi connectivity index (χ2v) is 6.55. The van der Waals surface area contributed by atoms with Gasteiger partial charge in [-0.3, -0.25) is 0 Å². The molecular formula is C20H13Cl2F4O. The van der Waals surface area contributed by atoms with Gasteiger partial charge in [0.25, 0.3) is 0 Å². The fourth-order valence-electron chi connectivity index (χ4n) is 2.94. The highest BCUT2D eigenvalue weighted by atomic mass is 35.5. The quantitative estimate of drug-likeness (QED) is 0.485. The Bertz CT molecular complexity index is 931. The number of hydrogen-bond donors (Lipinski definition) is 0. The molecule has 141 valence electrons. The van der Waals surface area contributed by atoms with Crippen LogP contribution in [0.25, 0.3) is 16.7 Å². The highest BCUT2D eigenvalue weighted by Gasteiger charge is 2.39. The van der Waals surface area contributed by atoms with Gasteiger partial charge in [0.1, 0.15) is 11.6 Å². The zero-order valence-electron chi connectivity index (χ0n) is 14.0. The van der Waals surface area contributed by atoms with Crippen LogP contribution in [-0.4, -0.2) is 13.3 Å². The molecule has 0 N–H and O–H groups in total. The Morgan fingerprint density at radius 1 is 0.963 bits per heavy atom. The van der Waals surface area contributed by atoms with E-state index < -0.39 is 22.6 Å². The van der Waals surface area contributed by atoms with Crippen molar-refractivity contribution in [2.75, 3.05) is 7.11 Å². The van der Waals surface area contributed by atoms with Gasteiger partial charge in [-0.1, -0.05) is 53.5 Å². The predicted octanol–water partition coefficient (Wildman–Crippen LogP) is 7.11. The van der Waals surface area contributed by atoms with Crippen LogP contribution in [0.1, 0.15) is 12.0 Å². The summed E-state index contributed by atoms with van der Waals surface area (Å²) in [6.07, 6.45) is -3.91. The maximum atomic E-state index is 15.4. The molecule has 0 saturated heterocycles. The van der Waals surface area contributed by atoms with Crippen molar-refractivity contribution >= 4 is 28.8 Å². The SMILES string of the molecule is COc1ccc(C2=C(Cl)C(Cl)=C(C(F)(F)F)[CH]C2)c(F)c1-c1ccccc1. The molecule has 0 spiro atoms. The number of hydrogen-bond acceptors (Lipinski definition) is 1. The van der Waals surface area contributed by atoms with Crippen LogP contribution in [0.2, 0.25) is 0 Å². The first-order valence-corrected chi connectivity index (χ1v) is 8.62. The van der Waals surface area contributed by atoms with Crippen molar-refractivity contribution in [2.45, 2.75) is 12.6 Å². The van der Waals surface area contributed by atoms with Crippen molar-refractivity contribution in [3.63, 3.8) is 0 Å². The molecule has 7 heteroatoms. The maximum absolute atomic E-state index is 15.4. The lowest BCUT2D eigenvalue weighted by Gasteiger charge is -2.23. The topological polar surface area (TPSA) is 9.23 Å². The molecule has 0 heterocycles. The zero-order valence-corrected chi connectivity index (χ0v) is 15.5. The second-order valence-electron chi connectivity index (χ2n) is 5.80. The number of allylic oxidation sites excluding steroid dienone is 4. The van der Waals surface area contributed by atoms with E-state index in [2.05, 4.69) is 0 Å². The monoisotopic (exact) mass is 415 g/mol. The highest BCUT2D eigenvalue weighted by Crippen LogP contribution is 2.47. The van der Waals surface area contributed by atoms with Crippen molar-refractivity contribution < 1.29 is 22.3 Å². The van der Waals surface area contributed by atoms with E-state index in [9.17, 15) is 13.2 Å². The maximum Gasteiger partial charge on any atom is 0.414 e. The van der Waals surface area contributed by atoms with Crippen LogP contribution in [0, 0.1) is 12.2 Å². The van der Waals surface area contributed by atoms with E-state index in [0.717, 1.165) is 6.42 Å². The molecule has 3 rings (SSSR count). The minimum absolute atomic E-state index is 0.0790. The molecule has 0 amide bonds. The minimum Gasteiger partial charge on any atom is -0.496 e. The second kappa shape index (κ2) is 7.56. The third-order valence-electron chi connectivity index (χ3n) is 4.22. The fourth-order valence-corrected chi connectivity index (χ4v) is 3.52. The van der Waals surface area contributed by atoms with E-state index in [1.807, 2.05) is 0 Å². The molecule has 2 aromatic rings. The summed E-state index contributed by atoms with van der Waals surface area (Å²) in [5.74, 6) is -0.335. The molecular weight excluding hydrogens is 403 g/mol. The molecule has 0 aromatic heterocycles. The van der Waals surface area contributed by atoms with Crippen molar-refractivity contribution in [1.82, 2.24) is 0 Å². The molecule has 1 radical (unpaired) electrons. The summed E-state index contributed by atoms with van der Waals surface area (Å²) in [5.41, 5.74) is 0.0227. The zero-order chi connectivity index (χ0) is 19.8. The van der Waals surface area contributed by atoms with Gasteiger partial charge in [0.05, 0.1) is 28.3 Å². The molecule has 0 aliphatic heterocycles. The van der Waals surface area contributed by atoms with Gasteiger partial charge in [-0.05, 0) is 29.7 Å². The van der Waals surface area contributed by atoms with Crippen LogP contribution in [-0.2, 0) is 0 Å². The summed E-state index contributed by atoms with van der Waals surface area (Å²) in [6, 6.07) is 11.7. The van der Waals surface area contributed by atoms with E-state index in [1.165, 1.54) is 13.2 Å². The first-order chi connectivity index (χ1) is 12.8. The Morgan fingerprint density at radius 2 is 1.63 bits per heavy atom. The van der Waals surface area contributed by atoms with Gasteiger partial charge < -0.3 is 4.74 Å². The van der Waals surface area contributed by atoms with Gasteiger partial charge in [-0.25, -0.2) is 4.39 Å². The average Bonchev–Trinajstić information content (AvgIpc) is 2.63. The van der Waals surface area contributed by atoms with E-state index in [4.69, 9.17) is 27.9 Å². The van der Waals surface area contributed by atoms with Gasteiger partial charge in [0.15, 0.2) is 0 Å². The lowest BCUT2D eigenvalue weighted by atomic mass is 9.90. The molecule has 0 atom stereocenters. The van der Waals surface area contributed by atoms with E-state index in [0.29, 0.717) is 11.3 Å². The van der Waals surface area contributed by atoms with Crippen LogP contribution in [0.4, 0.5) is 17.6 Å². The lowest BCUT2D eigenvalue weighted by Crippen LogP contribution is -2.17. The molecule has 27 heavy (non-hydrogen) atoms. The number of alkyl halides is 3. The van der Waals surface area contributed by atoms with Gasteiger partial charge in [0, 0.05) is 12.0 Å². The Labute approximate surface area is 163 Å². The predicted molar refractivity (Wildman–Crippen MR) is 99.0 cm³/mol. The molecule has 1 aliphatic carbocycles. The van der Waals surface area contributed by atoms with E-state index in [1.54, 1.807) is 36.4 Å². The summed E-state index contributed by atoms with van der Waals surface area (Å²) < 4.78 is 59.6. The normalized spacial score (nSPS) is 15.4. The highest BCUT2D eigenvalue weighted by molar-refractivity contribution is 6.46. The summed E-state index contributed by atoms with van der Waals surface area (Å²) >= 11 is 11.9. The van der Waals surface area contributed by atoms with Gasteiger partial charge in [-0.2, -0.15) is 13.2 Å². The lowest BCUT2D eigenvalue weighted by molar-refractivity contribution is -0.0902. The average molecular weight is 416 g/mol. The number of benzene rings is 2.